The molecule has 148 valence electrons. The van der Waals surface area contributed by atoms with Crippen LogP contribution < -0.4 is 10.1 Å². The highest BCUT2D eigenvalue weighted by atomic mass is 16.5. The van der Waals surface area contributed by atoms with Gasteiger partial charge in [-0.15, -0.1) is 0 Å². The second-order valence-electron chi connectivity index (χ2n) is 7.64. The number of para-hydroxylation sites is 2. The number of nitrogens with one attached hydrogen (secondary N) is 1. The molecule has 27 heavy (non-hydrogen) atoms. The van der Waals surface area contributed by atoms with E-state index in [0.717, 1.165) is 25.7 Å². The minimum absolute atomic E-state index is 0.0204. The number of carbonyl (C=O) groups excluding carboxylic acids is 2. The number of hydrogen-bond donors (Lipinski definition) is 1. The van der Waals surface area contributed by atoms with E-state index in [1.165, 1.54) is 0 Å². The summed E-state index contributed by atoms with van der Waals surface area (Å²) in [7, 11) is 0. The van der Waals surface area contributed by atoms with Crippen LogP contribution in [0.5, 0.6) is 5.75 Å². The SMILES string of the molecule is CC(C)Oc1ccccc1NC(=O)C1CCC(C(=O)N2CCOCC2)CC1. The van der Waals surface area contributed by atoms with Gasteiger partial charge in [0.25, 0.3) is 0 Å². The Morgan fingerprint density at radius 1 is 1.07 bits per heavy atom. The second kappa shape index (κ2) is 9.22. The highest BCUT2D eigenvalue weighted by molar-refractivity contribution is 5.94. The van der Waals surface area contributed by atoms with Gasteiger partial charge in [0.05, 0.1) is 25.0 Å². The summed E-state index contributed by atoms with van der Waals surface area (Å²) in [6, 6.07) is 7.52. The lowest BCUT2D eigenvalue weighted by Crippen LogP contribution is -2.44. The van der Waals surface area contributed by atoms with Crippen molar-refractivity contribution in [2.75, 3.05) is 31.6 Å². The summed E-state index contributed by atoms with van der Waals surface area (Å²) in [4.78, 5) is 27.2. The molecule has 0 unspecified atom stereocenters. The summed E-state index contributed by atoms with van der Waals surface area (Å²) in [6.45, 7) is 6.55. The van der Waals surface area contributed by atoms with Gasteiger partial charge in [0.15, 0.2) is 0 Å². The van der Waals surface area contributed by atoms with Crippen LogP contribution in [0.25, 0.3) is 0 Å². The van der Waals surface area contributed by atoms with Crippen LogP contribution in [0.2, 0.25) is 0 Å². The van der Waals surface area contributed by atoms with E-state index in [4.69, 9.17) is 9.47 Å². The van der Waals surface area contributed by atoms with Gasteiger partial charge in [-0.2, -0.15) is 0 Å². The van der Waals surface area contributed by atoms with Crippen molar-refractivity contribution in [1.82, 2.24) is 4.90 Å². The van der Waals surface area contributed by atoms with Crippen molar-refractivity contribution in [3.05, 3.63) is 24.3 Å². The molecule has 0 radical (unpaired) electrons. The summed E-state index contributed by atoms with van der Waals surface area (Å²) in [5, 5.41) is 3.02. The lowest BCUT2D eigenvalue weighted by molar-refractivity contribution is -0.141. The quantitative estimate of drug-likeness (QED) is 0.860. The van der Waals surface area contributed by atoms with Crippen LogP contribution in [0.1, 0.15) is 39.5 Å². The number of nitrogens with zero attached hydrogens (tertiary/aromatic N) is 1. The third-order valence-electron chi connectivity index (χ3n) is 5.28. The summed E-state index contributed by atoms with van der Waals surface area (Å²) >= 11 is 0. The maximum absolute atomic E-state index is 12.7. The van der Waals surface area contributed by atoms with Crippen molar-refractivity contribution in [2.24, 2.45) is 11.8 Å². The van der Waals surface area contributed by atoms with Crippen LogP contribution in [0.4, 0.5) is 5.69 Å². The smallest absolute Gasteiger partial charge is 0.227 e. The Labute approximate surface area is 161 Å². The summed E-state index contributed by atoms with van der Waals surface area (Å²) in [6.07, 6.45) is 3.10. The molecule has 1 aliphatic carbocycles. The summed E-state index contributed by atoms with van der Waals surface area (Å²) in [5.41, 5.74) is 0.711. The maximum atomic E-state index is 12.7. The van der Waals surface area contributed by atoms with E-state index in [-0.39, 0.29) is 29.8 Å². The van der Waals surface area contributed by atoms with Gasteiger partial charge in [0.2, 0.25) is 11.8 Å². The zero-order chi connectivity index (χ0) is 19.2. The molecule has 1 heterocycles. The molecule has 2 aliphatic rings. The first-order valence-electron chi connectivity index (χ1n) is 9.97. The molecule has 6 heteroatoms. The van der Waals surface area contributed by atoms with Crippen LogP contribution >= 0.6 is 0 Å². The largest absolute Gasteiger partial charge is 0.489 e. The third-order valence-corrected chi connectivity index (χ3v) is 5.28. The van der Waals surface area contributed by atoms with E-state index in [9.17, 15) is 9.59 Å². The van der Waals surface area contributed by atoms with E-state index < -0.39 is 0 Å². The van der Waals surface area contributed by atoms with Gasteiger partial charge in [-0.05, 0) is 51.7 Å². The molecule has 2 fully saturated rings. The predicted octanol–water partition coefficient (Wildman–Crippen LogP) is 3.08. The Morgan fingerprint density at radius 3 is 2.37 bits per heavy atom. The highest BCUT2D eigenvalue weighted by Crippen LogP contribution is 2.32. The fraction of sp³-hybridized carbons (Fsp3) is 0.619. The molecule has 0 atom stereocenters. The molecule has 1 aliphatic heterocycles. The van der Waals surface area contributed by atoms with Crippen LogP contribution in [-0.2, 0) is 14.3 Å². The van der Waals surface area contributed by atoms with E-state index in [2.05, 4.69) is 5.32 Å². The first-order valence-corrected chi connectivity index (χ1v) is 9.97. The Hall–Kier alpha value is -2.08. The van der Waals surface area contributed by atoms with Gasteiger partial charge < -0.3 is 19.7 Å². The highest BCUT2D eigenvalue weighted by Gasteiger charge is 2.32. The van der Waals surface area contributed by atoms with Gasteiger partial charge in [-0.25, -0.2) is 0 Å². The summed E-state index contributed by atoms with van der Waals surface area (Å²) in [5.74, 6) is 0.937. The van der Waals surface area contributed by atoms with E-state index in [1.807, 2.05) is 43.0 Å². The Kier molecular flexibility index (Phi) is 6.72. The molecule has 1 aromatic carbocycles. The maximum Gasteiger partial charge on any atom is 0.227 e. The van der Waals surface area contributed by atoms with Crippen molar-refractivity contribution >= 4 is 17.5 Å². The van der Waals surface area contributed by atoms with Gasteiger partial charge in [0, 0.05) is 24.9 Å². The normalized spacial score (nSPS) is 23.1. The number of hydrogen-bond acceptors (Lipinski definition) is 4. The molecule has 1 N–H and O–H groups in total. The monoisotopic (exact) mass is 374 g/mol. The minimum Gasteiger partial charge on any atom is -0.489 e. The van der Waals surface area contributed by atoms with Gasteiger partial charge in [-0.1, -0.05) is 12.1 Å². The lowest BCUT2D eigenvalue weighted by Gasteiger charge is -2.33. The number of morpholine rings is 1. The van der Waals surface area contributed by atoms with Gasteiger partial charge in [0.1, 0.15) is 5.75 Å². The Morgan fingerprint density at radius 2 is 1.70 bits per heavy atom. The van der Waals surface area contributed by atoms with Crippen LogP contribution in [0.15, 0.2) is 24.3 Å². The molecule has 1 saturated carbocycles. The van der Waals surface area contributed by atoms with Gasteiger partial charge in [-0.3, -0.25) is 9.59 Å². The molecule has 1 aromatic rings. The first-order chi connectivity index (χ1) is 13.0. The molecule has 1 saturated heterocycles. The average molecular weight is 374 g/mol. The van der Waals surface area contributed by atoms with Crippen molar-refractivity contribution in [3.63, 3.8) is 0 Å². The molecule has 2 amide bonds. The number of benzene rings is 1. The number of ether oxygens (including phenoxy) is 2. The minimum atomic E-state index is -0.0501. The average Bonchev–Trinajstić information content (AvgIpc) is 2.69. The second-order valence-corrected chi connectivity index (χ2v) is 7.64. The molecule has 3 rings (SSSR count). The Bertz CT molecular complexity index is 647. The summed E-state index contributed by atoms with van der Waals surface area (Å²) < 4.78 is 11.1. The molecule has 0 bridgehead atoms. The molecular weight excluding hydrogens is 344 g/mol. The standard InChI is InChI=1S/C21H30N2O4/c1-15(2)27-19-6-4-3-5-18(19)22-20(24)16-7-9-17(10-8-16)21(25)23-11-13-26-14-12-23/h3-6,15-17H,7-14H2,1-2H3,(H,22,24). The zero-order valence-electron chi connectivity index (χ0n) is 16.3. The lowest BCUT2D eigenvalue weighted by atomic mass is 9.81. The van der Waals surface area contributed by atoms with Gasteiger partial charge >= 0.3 is 0 Å². The van der Waals surface area contributed by atoms with Crippen molar-refractivity contribution in [2.45, 2.75) is 45.6 Å². The molecule has 6 nitrogen and oxygen atoms in total. The van der Waals surface area contributed by atoms with Crippen molar-refractivity contribution in [1.29, 1.82) is 0 Å². The molecule has 0 spiro atoms. The van der Waals surface area contributed by atoms with Crippen molar-refractivity contribution < 1.29 is 19.1 Å². The first kappa shape index (κ1) is 19.7. The molecular formula is C21H30N2O4. The van der Waals surface area contributed by atoms with E-state index >= 15 is 0 Å². The Balaban J connectivity index is 1.52. The number of amides is 2. The van der Waals surface area contributed by atoms with Crippen LogP contribution in [0.3, 0.4) is 0 Å². The van der Waals surface area contributed by atoms with E-state index in [0.29, 0.717) is 37.7 Å². The molecule has 0 aromatic heterocycles. The fourth-order valence-electron chi connectivity index (χ4n) is 3.81. The van der Waals surface area contributed by atoms with Crippen LogP contribution in [0, 0.1) is 11.8 Å². The number of rotatable bonds is 5. The van der Waals surface area contributed by atoms with Crippen LogP contribution in [-0.4, -0.2) is 49.1 Å². The topological polar surface area (TPSA) is 67.9 Å². The number of anilines is 1. The zero-order valence-corrected chi connectivity index (χ0v) is 16.3. The predicted molar refractivity (Wildman–Crippen MR) is 104 cm³/mol. The van der Waals surface area contributed by atoms with Crippen molar-refractivity contribution in [3.8, 4) is 5.75 Å². The third kappa shape index (κ3) is 5.22. The van der Waals surface area contributed by atoms with E-state index in [1.54, 1.807) is 0 Å². The fourth-order valence-corrected chi connectivity index (χ4v) is 3.81. The number of carbonyl (C=O) groups is 2.